The molecule has 0 aliphatic heterocycles. The fourth-order valence-corrected chi connectivity index (χ4v) is 2.91. The van der Waals surface area contributed by atoms with E-state index in [4.69, 9.17) is 4.74 Å². The SMILES string of the molecule is CCNC(c1ccc(OC)c(F)c1)c1ccsc1C. The Morgan fingerprint density at radius 1 is 1.37 bits per heavy atom. The third-order valence-electron chi connectivity index (χ3n) is 3.13. The van der Waals surface area contributed by atoms with Gasteiger partial charge in [-0.15, -0.1) is 11.3 Å². The first-order valence-corrected chi connectivity index (χ1v) is 7.16. The molecular formula is C15H18FNOS. The van der Waals surface area contributed by atoms with Crippen molar-refractivity contribution >= 4 is 11.3 Å². The minimum Gasteiger partial charge on any atom is -0.494 e. The summed E-state index contributed by atoms with van der Waals surface area (Å²) < 4.78 is 18.8. The number of methoxy groups -OCH3 is 1. The van der Waals surface area contributed by atoms with Crippen LogP contribution in [0.25, 0.3) is 0 Å². The number of ether oxygens (including phenoxy) is 1. The number of nitrogens with one attached hydrogen (secondary N) is 1. The van der Waals surface area contributed by atoms with Crippen LogP contribution in [0, 0.1) is 12.7 Å². The van der Waals surface area contributed by atoms with E-state index in [1.165, 1.54) is 17.6 Å². The van der Waals surface area contributed by atoms with Crippen molar-refractivity contribution in [3.05, 3.63) is 51.5 Å². The van der Waals surface area contributed by atoms with Gasteiger partial charge in [0.25, 0.3) is 0 Å². The number of benzene rings is 1. The molecule has 19 heavy (non-hydrogen) atoms. The van der Waals surface area contributed by atoms with Gasteiger partial charge in [0.15, 0.2) is 11.6 Å². The maximum Gasteiger partial charge on any atom is 0.165 e. The number of aryl methyl sites for hydroxylation is 1. The number of rotatable bonds is 5. The lowest BCUT2D eigenvalue weighted by molar-refractivity contribution is 0.385. The molecule has 102 valence electrons. The van der Waals surface area contributed by atoms with Gasteiger partial charge in [0.2, 0.25) is 0 Å². The molecule has 0 aliphatic carbocycles. The van der Waals surface area contributed by atoms with E-state index in [9.17, 15) is 4.39 Å². The molecule has 0 bridgehead atoms. The van der Waals surface area contributed by atoms with Crippen molar-refractivity contribution in [2.75, 3.05) is 13.7 Å². The Bertz CT molecular complexity index is 553. The monoisotopic (exact) mass is 279 g/mol. The van der Waals surface area contributed by atoms with Crippen molar-refractivity contribution in [3.63, 3.8) is 0 Å². The number of thiophene rings is 1. The molecular weight excluding hydrogens is 261 g/mol. The van der Waals surface area contributed by atoms with Gasteiger partial charge in [0, 0.05) is 4.88 Å². The van der Waals surface area contributed by atoms with Crippen LogP contribution < -0.4 is 10.1 Å². The highest BCUT2D eigenvalue weighted by Gasteiger charge is 2.17. The molecule has 0 amide bonds. The zero-order valence-corrected chi connectivity index (χ0v) is 12.2. The first-order valence-electron chi connectivity index (χ1n) is 6.28. The molecule has 0 fully saturated rings. The highest BCUT2D eigenvalue weighted by Crippen LogP contribution is 2.30. The van der Waals surface area contributed by atoms with Crippen molar-refractivity contribution in [2.24, 2.45) is 0 Å². The van der Waals surface area contributed by atoms with Crippen molar-refractivity contribution in [1.82, 2.24) is 5.32 Å². The topological polar surface area (TPSA) is 21.3 Å². The smallest absolute Gasteiger partial charge is 0.165 e. The van der Waals surface area contributed by atoms with E-state index in [2.05, 4.69) is 30.6 Å². The quantitative estimate of drug-likeness (QED) is 0.896. The summed E-state index contributed by atoms with van der Waals surface area (Å²) in [5, 5.41) is 5.47. The molecule has 0 radical (unpaired) electrons. The summed E-state index contributed by atoms with van der Waals surface area (Å²) in [4.78, 5) is 1.25. The lowest BCUT2D eigenvalue weighted by atomic mass is 9.99. The number of hydrogen-bond donors (Lipinski definition) is 1. The van der Waals surface area contributed by atoms with Crippen LogP contribution in [-0.4, -0.2) is 13.7 Å². The Morgan fingerprint density at radius 3 is 2.68 bits per heavy atom. The fraction of sp³-hybridized carbons (Fsp3) is 0.333. The van der Waals surface area contributed by atoms with Gasteiger partial charge in [-0.05, 0) is 48.2 Å². The van der Waals surface area contributed by atoms with Crippen LogP contribution in [0.5, 0.6) is 5.75 Å². The molecule has 0 saturated carbocycles. The van der Waals surface area contributed by atoms with E-state index in [1.54, 1.807) is 23.5 Å². The molecule has 2 nitrogen and oxygen atoms in total. The normalized spacial score (nSPS) is 12.4. The molecule has 0 aliphatic rings. The molecule has 4 heteroatoms. The van der Waals surface area contributed by atoms with E-state index in [0.717, 1.165) is 12.1 Å². The standard InChI is InChI=1S/C15H18FNOS/c1-4-17-15(12-7-8-19-10(12)2)11-5-6-14(18-3)13(16)9-11/h5-9,15,17H,4H2,1-3H3. The van der Waals surface area contributed by atoms with Gasteiger partial charge >= 0.3 is 0 Å². The highest BCUT2D eigenvalue weighted by atomic mass is 32.1. The average molecular weight is 279 g/mol. The molecule has 0 spiro atoms. The van der Waals surface area contributed by atoms with Gasteiger partial charge in [-0.2, -0.15) is 0 Å². The minimum atomic E-state index is -0.323. The summed E-state index contributed by atoms with van der Waals surface area (Å²) in [5.41, 5.74) is 2.12. The van der Waals surface area contributed by atoms with Crippen LogP contribution in [0.3, 0.4) is 0 Å². The maximum absolute atomic E-state index is 13.8. The third kappa shape index (κ3) is 2.96. The first kappa shape index (κ1) is 14.0. The Morgan fingerprint density at radius 2 is 2.16 bits per heavy atom. The molecule has 1 unspecified atom stereocenters. The zero-order chi connectivity index (χ0) is 13.8. The fourth-order valence-electron chi connectivity index (χ4n) is 2.17. The summed E-state index contributed by atoms with van der Waals surface area (Å²) in [7, 11) is 1.48. The Hall–Kier alpha value is -1.39. The van der Waals surface area contributed by atoms with Gasteiger partial charge < -0.3 is 10.1 Å². The zero-order valence-electron chi connectivity index (χ0n) is 11.4. The summed E-state index contributed by atoms with van der Waals surface area (Å²) in [6.45, 7) is 4.96. The van der Waals surface area contributed by atoms with E-state index < -0.39 is 0 Å². The number of hydrogen-bond acceptors (Lipinski definition) is 3. The van der Waals surface area contributed by atoms with Crippen molar-refractivity contribution < 1.29 is 9.13 Å². The maximum atomic E-state index is 13.8. The summed E-state index contributed by atoms with van der Waals surface area (Å²) in [6.07, 6.45) is 0. The van der Waals surface area contributed by atoms with Gasteiger partial charge in [0.1, 0.15) is 0 Å². The van der Waals surface area contributed by atoms with Gasteiger partial charge in [-0.1, -0.05) is 13.0 Å². The largest absolute Gasteiger partial charge is 0.494 e. The highest BCUT2D eigenvalue weighted by molar-refractivity contribution is 7.10. The lowest BCUT2D eigenvalue weighted by Crippen LogP contribution is -2.22. The van der Waals surface area contributed by atoms with Gasteiger partial charge in [-0.25, -0.2) is 4.39 Å². The van der Waals surface area contributed by atoms with Crippen LogP contribution in [0.1, 0.15) is 29.0 Å². The third-order valence-corrected chi connectivity index (χ3v) is 3.99. The van der Waals surface area contributed by atoms with Gasteiger partial charge in [0.05, 0.1) is 13.2 Å². The van der Waals surface area contributed by atoms with Crippen molar-refractivity contribution in [2.45, 2.75) is 19.9 Å². The van der Waals surface area contributed by atoms with Gasteiger partial charge in [-0.3, -0.25) is 0 Å². The summed E-state index contributed by atoms with van der Waals surface area (Å²) in [5.74, 6) is -0.0446. The summed E-state index contributed by atoms with van der Waals surface area (Å²) >= 11 is 1.71. The van der Waals surface area contributed by atoms with Crippen molar-refractivity contribution in [3.8, 4) is 5.75 Å². The molecule has 2 aromatic rings. The first-order chi connectivity index (χ1) is 9.17. The molecule has 1 aromatic heterocycles. The second-order valence-electron chi connectivity index (χ2n) is 4.32. The second-order valence-corrected chi connectivity index (χ2v) is 5.44. The molecule has 0 saturated heterocycles. The predicted octanol–water partition coefficient (Wildman–Crippen LogP) is 3.90. The van der Waals surface area contributed by atoms with Crippen LogP contribution in [0.2, 0.25) is 0 Å². The predicted molar refractivity (Wildman–Crippen MR) is 77.5 cm³/mol. The Labute approximate surface area is 117 Å². The van der Waals surface area contributed by atoms with Crippen LogP contribution >= 0.6 is 11.3 Å². The second kappa shape index (κ2) is 6.17. The molecule has 1 heterocycles. The van der Waals surface area contributed by atoms with E-state index in [-0.39, 0.29) is 17.6 Å². The average Bonchev–Trinajstić information content (AvgIpc) is 2.82. The van der Waals surface area contributed by atoms with Crippen LogP contribution in [-0.2, 0) is 0 Å². The Balaban J connectivity index is 2.39. The summed E-state index contributed by atoms with van der Waals surface area (Å²) in [6, 6.07) is 7.25. The van der Waals surface area contributed by atoms with E-state index in [1.807, 2.05) is 6.07 Å². The molecule has 1 atom stereocenters. The van der Waals surface area contributed by atoms with Crippen LogP contribution in [0.4, 0.5) is 4.39 Å². The van der Waals surface area contributed by atoms with Crippen LogP contribution in [0.15, 0.2) is 29.6 Å². The van der Waals surface area contributed by atoms with Crippen molar-refractivity contribution in [1.29, 1.82) is 0 Å². The van der Waals surface area contributed by atoms with E-state index in [0.29, 0.717) is 0 Å². The molecule has 2 rings (SSSR count). The van der Waals surface area contributed by atoms with E-state index >= 15 is 0 Å². The number of halogens is 1. The molecule has 1 aromatic carbocycles. The minimum absolute atomic E-state index is 0.0247. The lowest BCUT2D eigenvalue weighted by Gasteiger charge is -2.19. The molecule has 1 N–H and O–H groups in total. The Kier molecular flexibility index (Phi) is 4.56.